The van der Waals surface area contributed by atoms with Crippen molar-refractivity contribution < 1.29 is 4.79 Å². The number of benzene rings is 1. The largest absolute Gasteiger partial charge is 0.325 e. The van der Waals surface area contributed by atoms with Crippen LogP contribution in [0.4, 0.5) is 0 Å². The summed E-state index contributed by atoms with van der Waals surface area (Å²) < 4.78 is 0. The second-order valence-corrected chi connectivity index (χ2v) is 4.61. The van der Waals surface area contributed by atoms with Gasteiger partial charge in [0, 0.05) is 7.05 Å². The van der Waals surface area contributed by atoms with Gasteiger partial charge in [-0.25, -0.2) is 0 Å². The molecule has 0 saturated carbocycles. The smallest absolute Gasteiger partial charge is 0.237 e. The minimum atomic E-state index is 0.0358. The van der Waals surface area contributed by atoms with Crippen LogP contribution < -0.4 is 5.32 Å². The number of carbonyl (C=O) groups excluding carboxylic acids is 1. The molecule has 3 heteroatoms. The van der Waals surface area contributed by atoms with Crippen molar-refractivity contribution in [3.63, 3.8) is 0 Å². The lowest BCUT2D eigenvalue weighted by Crippen LogP contribution is -2.25. The minimum absolute atomic E-state index is 0.0358. The van der Waals surface area contributed by atoms with Crippen LogP contribution in [0.1, 0.15) is 37.1 Å². The van der Waals surface area contributed by atoms with Gasteiger partial charge in [-0.15, -0.1) is 0 Å². The molecule has 1 aromatic carbocycles. The highest BCUT2D eigenvalue weighted by Crippen LogP contribution is 2.22. The van der Waals surface area contributed by atoms with Gasteiger partial charge in [-0.3, -0.25) is 10.1 Å². The fourth-order valence-corrected chi connectivity index (χ4v) is 1.99. The van der Waals surface area contributed by atoms with Crippen molar-refractivity contribution in [3.05, 3.63) is 35.4 Å². The number of carbonyl (C=O) groups is 1. The van der Waals surface area contributed by atoms with Crippen LogP contribution in [0.3, 0.4) is 0 Å². The number of nitrogens with zero attached hydrogens (tertiary/aromatic N) is 1. The molecule has 1 atom stereocenters. The van der Waals surface area contributed by atoms with Gasteiger partial charge in [-0.05, 0) is 17.0 Å². The normalized spacial score (nSPS) is 20.9. The van der Waals surface area contributed by atoms with Gasteiger partial charge in [0.2, 0.25) is 5.91 Å². The summed E-state index contributed by atoms with van der Waals surface area (Å²) in [6.45, 7) is 4.80. The summed E-state index contributed by atoms with van der Waals surface area (Å²) in [7, 11) is 1.84. The van der Waals surface area contributed by atoms with Crippen LogP contribution in [0.5, 0.6) is 0 Å². The lowest BCUT2D eigenvalue weighted by molar-refractivity contribution is -0.126. The Labute approximate surface area is 96.5 Å². The van der Waals surface area contributed by atoms with E-state index in [4.69, 9.17) is 0 Å². The lowest BCUT2D eigenvalue weighted by atomic mass is 10.0. The van der Waals surface area contributed by atoms with Gasteiger partial charge in [-0.1, -0.05) is 38.1 Å². The molecule has 1 unspecified atom stereocenters. The van der Waals surface area contributed by atoms with Crippen LogP contribution in [0, 0.1) is 0 Å². The summed E-state index contributed by atoms with van der Waals surface area (Å²) in [6.07, 6.45) is 0.0358. The van der Waals surface area contributed by atoms with E-state index in [9.17, 15) is 4.79 Å². The molecule has 0 aliphatic carbocycles. The lowest BCUT2D eigenvalue weighted by Gasteiger charge is -2.20. The fourth-order valence-electron chi connectivity index (χ4n) is 1.99. The molecule has 1 aliphatic rings. The highest BCUT2D eigenvalue weighted by molar-refractivity contribution is 5.80. The third kappa shape index (κ3) is 1.95. The molecule has 16 heavy (non-hydrogen) atoms. The maximum absolute atomic E-state index is 11.4. The van der Waals surface area contributed by atoms with E-state index in [1.165, 1.54) is 5.56 Å². The molecular formula is C13H18N2O. The molecule has 1 aromatic rings. The SMILES string of the molecule is CC(C)c1ccc(C2NCC(=O)N2C)cc1. The van der Waals surface area contributed by atoms with Crippen molar-refractivity contribution in [3.8, 4) is 0 Å². The van der Waals surface area contributed by atoms with Gasteiger partial charge in [0.15, 0.2) is 0 Å². The predicted molar refractivity (Wildman–Crippen MR) is 64.0 cm³/mol. The summed E-state index contributed by atoms with van der Waals surface area (Å²) in [6, 6.07) is 8.47. The zero-order valence-electron chi connectivity index (χ0n) is 10.0. The molecule has 0 aromatic heterocycles. The van der Waals surface area contributed by atoms with Gasteiger partial charge >= 0.3 is 0 Å². The third-order valence-corrected chi connectivity index (χ3v) is 3.15. The standard InChI is InChI=1S/C13H18N2O/c1-9(2)10-4-6-11(7-5-10)13-14-8-12(16)15(13)3/h4-7,9,13-14H,8H2,1-3H3. The van der Waals surface area contributed by atoms with Crippen LogP contribution in [0.2, 0.25) is 0 Å². The first-order valence-corrected chi connectivity index (χ1v) is 5.68. The molecule has 86 valence electrons. The van der Waals surface area contributed by atoms with E-state index in [-0.39, 0.29) is 12.1 Å². The number of nitrogens with one attached hydrogen (secondary N) is 1. The molecule has 0 radical (unpaired) electrons. The molecule has 1 N–H and O–H groups in total. The maximum atomic E-state index is 11.4. The number of rotatable bonds is 2. The van der Waals surface area contributed by atoms with Crippen molar-refractivity contribution in [1.29, 1.82) is 0 Å². The fraction of sp³-hybridized carbons (Fsp3) is 0.462. The Morgan fingerprint density at radius 2 is 1.94 bits per heavy atom. The van der Waals surface area contributed by atoms with E-state index in [0.29, 0.717) is 12.5 Å². The predicted octanol–water partition coefficient (Wildman–Crippen LogP) is 1.87. The van der Waals surface area contributed by atoms with E-state index in [2.05, 4.69) is 43.4 Å². The molecule has 1 amide bonds. The molecule has 0 bridgehead atoms. The third-order valence-electron chi connectivity index (χ3n) is 3.15. The first-order chi connectivity index (χ1) is 7.59. The van der Waals surface area contributed by atoms with Crippen molar-refractivity contribution in [2.24, 2.45) is 0 Å². The summed E-state index contributed by atoms with van der Waals surface area (Å²) >= 11 is 0. The van der Waals surface area contributed by atoms with Crippen molar-refractivity contribution in [1.82, 2.24) is 10.2 Å². The molecule has 1 fully saturated rings. The highest BCUT2D eigenvalue weighted by atomic mass is 16.2. The average Bonchev–Trinajstić information content (AvgIpc) is 2.60. The number of likely N-dealkylation sites (N-methyl/N-ethyl adjacent to an activating group) is 1. The Morgan fingerprint density at radius 3 is 2.38 bits per heavy atom. The Morgan fingerprint density at radius 1 is 1.31 bits per heavy atom. The summed E-state index contributed by atoms with van der Waals surface area (Å²) in [4.78, 5) is 13.2. The first-order valence-electron chi connectivity index (χ1n) is 5.68. The van der Waals surface area contributed by atoms with Crippen LogP contribution >= 0.6 is 0 Å². The van der Waals surface area contributed by atoms with Crippen LogP contribution in [0.25, 0.3) is 0 Å². The molecular weight excluding hydrogens is 200 g/mol. The molecule has 0 spiro atoms. The second-order valence-electron chi connectivity index (χ2n) is 4.61. The monoisotopic (exact) mass is 218 g/mol. The number of amides is 1. The maximum Gasteiger partial charge on any atom is 0.237 e. The Balaban J connectivity index is 2.19. The van der Waals surface area contributed by atoms with Crippen LogP contribution in [-0.2, 0) is 4.79 Å². The summed E-state index contributed by atoms with van der Waals surface area (Å²) in [5.41, 5.74) is 2.48. The quantitative estimate of drug-likeness (QED) is 0.822. The van der Waals surface area contributed by atoms with E-state index in [0.717, 1.165) is 5.56 Å². The minimum Gasteiger partial charge on any atom is -0.325 e. The number of hydrogen-bond acceptors (Lipinski definition) is 2. The van der Waals surface area contributed by atoms with E-state index < -0.39 is 0 Å². The average molecular weight is 218 g/mol. The zero-order valence-corrected chi connectivity index (χ0v) is 10.0. The topological polar surface area (TPSA) is 32.3 Å². The van der Waals surface area contributed by atoms with Gasteiger partial charge in [0.05, 0.1) is 6.54 Å². The van der Waals surface area contributed by atoms with E-state index in [1.807, 2.05) is 7.05 Å². The van der Waals surface area contributed by atoms with Gasteiger partial charge in [0.1, 0.15) is 6.17 Å². The van der Waals surface area contributed by atoms with Crippen LogP contribution in [-0.4, -0.2) is 24.4 Å². The van der Waals surface area contributed by atoms with Gasteiger partial charge in [-0.2, -0.15) is 0 Å². The molecule has 1 aliphatic heterocycles. The zero-order chi connectivity index (χ0) is 11.7. The first kappa shape index (κ1) is 11.1. The van der Waals surface area contributed by atoms with Crippen molar-refractivity contribution in [2.75, 3.05) is 13.6 Å². The van der Waals surface area contributed by atoms with Crippen LogP contribution in [0.15, 0.2) is 24.3 Å². The molecule has 1 saturated heterocycles. The van der Waals surface area contributed by atoms with Crippen molar-refractivity contribution in [2.45, 2.75) is 25.9 Å². The van der Waals surface area contributed by atoms with Gasteiger partial charge < -0.3 is 4.90 Å². The summed E-state index contributed by atoms with van der Waals surface area (Å²) in [5, 5.41) is 3.20. The Bertz CT molecular complexity index is 383. The molecule has 3 nitrogen and oxygen atoms in total. The number of hydrogen-bond donors (Lipinski definition) is 1. The molecule has 2 rings (SSSR count). The highest BCUT2D eigenvalue weighted by Gasteiger charge is 2.27. The van der Waals surface area contributed by atoms with Gasteiger partial charge in [0.25, 0.3) is 0 Å². The Hall–Kier alpha value is -1.35. The van der Waals surface area contributed by atoms with Crippen molar-refractivity contribution >= 4 is 5.91 Å². The van der Waals surface area contributed by atoms with E-state index in [1.54, 1.807) is 4.90 Å². The Kier molecular flexibility index (Phi) is 2.97. The molecule has 1 heterocycles. The second kappa shape index (κ2) is 4.26. The van der Waals surface area contributed by atoms with E-state index >= 15 is 0 Å². The summed E-state index contributed by atoms with van der Waals surface area (Å²) in [5.74, 6) is 0.697.